The molecule has 1 rings (SSSR count). The van der Waals surface area contributed by atoms with Crippen molar-refractivity contribution in [2.24, 2.45) is 0 Å². The summed E-state index contributed by atoms with van der Waals surface area (Å²) >= 11 is 0. The second-order valence-corrected chi connectivity index (χ2v) is 5.06. The molecule has 7 heteroatoms. The van der Waals surface area contributed by atoms with E-state index in [0.29, 0.717) is 6.42 Å². The van der Waals surface area contributed by atoms with Gasteiger partial charge in [0.15, 0.2) is 0 Å². The number of aromatic amines is 1. The van der Waals surface area contributed by atoms with Crippen LogP contribution in [0.3, 0.4) is 0 Å². The van der Waals surface area contributed by atoms with Crippen LogP contribution in [0, 0.1) is 0 Å². The number of ether oxygens (including phenoxy) is 2. The molecule has 0 bridgehead atoms. The summed E-state index contributed by atoms with van der Waals surface area (Å²) in [5.41, 5.74) is 0.158. The van der Waals surface area contributed by atoms with E-state index < -0.39 is 17.6 Å². The molecule has 0 aromatic carbocycles. The standard InChI is InChI=1S/C13H21N3O4/c1-13(2,20-4)6-11(17)16-10(12(18)19-3)5-9-7-14-8-15-9/h7-8,10H,5-6H2,1-4H3,(H,14,15)(H,16,17)/t10-/m0/s1. The summed E-state index contributed by atoms with van der Waals surface area (Å²) in [7, 11) is 2.82. The first-order valence-corrected chi connectivity index (χ1v) is 6.27. The number of hydrogen-bond donors (Lipinski definition) is 2. The molecule has 0 unspecified atom stereocenters. The minimum absolute atomic E-state index is 0.153. The van der Waals surface area contributed by atoms with E-state index in [2.05, 4.69) is 15.3 Å². The van der Waals surface area contributed by atoms with E-state index in [0.717, 1.165) is 5.69 Å². The summed E-state index contributed by atoms with van der Waals surface area (Å²) in [5.74, 6) is -0.769. The lowest BCUT2D eigenvalue weighted by Gasteiger charge is -2.23. The van der Waals surface area contributed by atoms with Crippen LogP contribution >= 0.6 is 0 Å². The Morgan fingerprint density at radius 3 is 2.65 bits per heavy atom. The van der Waals surface area contributed by atoms with Crippen molar-refractivity contribution >= 4 is 11.9 Å². The zero-order chi connectivity index (χ0) is 15.2. The first-order chi connectivity index (χ1) is 9.38. The van der Waals surface area contributed by atoms with Crippen LogP contribution in [-0.2, 0) is 25.5 Å². The van der Waals surface area contributed by atoms with Crippen molar-refractivity contribution in [3.8, 4) is 0 Å². The molecule has 1 aromatic heterocycles. The Hall–Kier alpha value is -1.89. The largest absolute Gasteiger partial charge is 0.467 e. The molecule has 7 nitrogen and oxygen atoms in total. The highest BCUT2D eigenvalue weighted by Gasteiger charge is 2.26. The van der Waals surface area contributed by atoms with Gasteiger partial charge in [-0.05, 0) is 13.8 Å². The van der Waals surface area contributed by atoms with Gasteiger partial charge in [-0.1, -0.05) is 0 Å². The first kappa shape index (κ1) is 16.2. The van der Waals surface area contributed by atoms with Crippen LogP contribution in [0.15, 0.2) is 12.5 Å². The van der Waals surface area contributed by atoms with Crippen molar-refractivity contribution in [2.45, 2.75) is 38.3 Å². The molecule has 0 saturated heterocycles. The van der Waals surface area contributed by atoms with E-state index in [1.54, 1.807) is 20.0 Å². The SMILES string of the molecule is COC(=O)[C@H](Cc1cnc[nH]1)NC(=O)CC(C)(C)OC. The fourth-order valence-electron chi connectivity index (χ4n) is 1.66. The van der Waals surface area contributed by atoms with Crippen LogP contribution in [-0.4, -0.2) is 47.7 Å². The molecular weight excluding hydrogens is 262 g/mol. The average Bonchev–Trinajstić information content (AvgIpc) is 2.89. The summed E-state index contributed by atoms with van der Waals surface area (Å²) < 4.78 is 9.89. The molecule has 112 valence electrons. The van der Waals surface area contributed by atoms with Crippen LogP contribution in [0.4, 0.5) is 0 Å². The average molecular weight is 283 g/mol. The fraction of sp³-hybridized carbons (Fsp3) is 0.615. The zero-order valence-electron chi connectivity index (χ0n) is 12.2. The van der Waals surface area contributed by atoms with E-state index in [-0.39, 0.29) is 12.3 Å². The van der Waals surface area contributed by atoms with Crippen molar-refractivity contribution in [2.75, 3.05) is 14.2 Å². The molecule has 0 saturated carbocycles. The van der Waals surface area contributed by atoms with E-state index >= 15 is 0 Å². The number of imidazole rings is 1. The smallest absolute Gasteiger partial charge is 0.328 e. The summed E-state index contributed by atoms with van der Waals surface area (Å²) in [6.07, 6.45) is 3.56. The molecule has 0 spiro atoms. The second-order valence-electron chi connectivity index (χ2n) is 5.06. The minimum atomic E-state index is -0.749. The summed E-state index contributed by atoms with van der Waals surface area (Å²) in [4.78, 5) is 30.4. The maximum Gasteiger partial charge on any atom is 0.328 e. The molecule has 0 fully saturated rings. The highest BCUT2D eigenvalue weighted by atomic mass is 16.5. The lowest BCUT2D eigenvalue weighted by atomic mass is 10.0. The lowest BCUT2D eigenvalue weighted by Crippen LogP contribution is -2.45. The monoisotopic (exact) mass is 283 g/mol. The van der Waals surface area contributed by atoms with Crippen molar-refractivity contribution in [3.05, 3.63) is 18.2 Å². The van der Waals surface area contributed by atoms with Crippen LogP contribution in [0.2, 0.25) is 0 Å². The van der Waals surface area contributed by atoms with Crippen molar-refractivity contribution in [1.29, 1.82) is 0 Å². The highest BCUT2D eigenvalue weighted by molar-refractivity contribution is 5.85. The Kier molecular flexibility index (Phi) is 5.69. The third kappa shape index (κ3) is 5.00. The van der Waals surface area contributed by atoms with Gasteiger partial charge < -0.3 is 19.8 Å². The third-order valence-corrected chi connectivity index (χ3v) is 2.94. The molecule has 0 aliphatic rings. The Labute approximate surface area is 118 Å². The molecule has 1 heterocycles. The minimum Gasteiger partial charge on any atom is -0.467 e. The number of carbonyl (C=O) groups excluding carboxylic acids is 2. The molecule has 1 amide bonds. The van der Waals surface area contributed by atoms with E-state index in [1.165, 1.54) is 20.5 Å². The quantitative estimate of drug-likeness (QED) is 0.708. The second kappa shape index (κ2) is 7.04. The van der Waals surface area contributed by atoms with E-state index in [1.807, 2.05) is 0 Å². The number of H-pyrrole nitrogens is 1. The van der Waals surface area contributed by atoms with Gasteiger partial charge in [-0.2, -0.15) is 0 Å². The van der Waals surface area contributed by atoms with Gasteiger partial charge in [0.2, 0.25) is 5.91 Å². The van der Waals surface area contributed by atoms with Gasteiger partial charge in [0, 0.05) is 25.4 Å². The van der Waals surface area contributed by atoms with Gasteiger partial charge in [0.1, 0.15) is 6.04 Å². The predicted octanol–water partition coefficient (Wildman–Crippen LogP) is 0.425. The van der Waals surface area contributed by atoms with Crippen LogP contribution in [0.5, 0.6) is 0 Å². The Bertz CT molecular complexity index is 442. The lowest BCUT2D eigenvalue weighted by molar-refractivity contribution is -0.145. The highest BCUT2D eigenvalue weighted by Crippen LogP contribution is 2.13. The molecule has 1 aromatic rings. The van der Waals surface area contributed by atoms with Gasteiger partial charge in [0.05, 0.1) is 25.5 Å². The van der Waals surface area contributed by atoms with Gasteiger partial charge in [-0.3, -0.25) is 4.79 Å². The number of aromatic nitrogens is 2. The molecular formula is C13H21N3O4. The molecule has 20 heavy (non-hydrogen) atoms. The molecule has 2 N–H and O–H groups in total. The van der Waals surface area contributed by atoms with Crippen molar-refractivity contribution < 1.29 is 19.1 Å². The van der Waals surface area contributed by atoms with Gasteiger partial charge in [0.25, 0.3) is 0 Å². The Morgan fingerprint density at radius 2 is 2.15 bits per heavy atom. The number of nitrogens with one attached hydrogen (secondary N) is 2. The number of rotatable bonds is 7. The Morgan fingerprint density at radius 1 is 1.45 bits per heavy atom. The number of nitrogens with zero attached hydrogens (tertiary/aromatic N) is 1. The number of carbonyl (C=O) groups is 2. The van der Waals surface area contributed by atoms with Gasteiger partial charge >= 0.3 is 5.97 Å². The molecule has 1 atom stereocenters. The number of esters is 1. The fourth-order valence-corrected chi connectivity index (χ4v) is 1.66. The van der Waals surface area contributed by atoms with Crippen molar-refractivity contribution in [1.82, 2.24) is 15.3 Å². The maximum absolute atomic E-state index is 12.0. The van der Waals surface area contributed by atoms with E-state index in [9.17, 15) is 9.59 Å². The predicted molar refractivity (Wildman–Crippen MR) is 71.9 cm³/mol. The summed E-state index contributed by atoms with van der Waals surface area (Å²) in [6, 6.07) is -0.749. The number of amides is 1. The number of methoxy groups -OCH3 is 2. The zero-order valence-corrected chi connectivity index (χ0v) is 12.2. The van der Waals surface area contributed by atoms with Gasteiger partial charge in [-0.25, -0.2) is 9.78 Å². The molecule has 0 radical (unpaired) electrons. The number of hydrogen-bond acceptors (Lipinski definition) is 5. The van der Waals surface area contributed by atoms with E-state index in [4.69, 9.17) is 9.47 Å². The third-order valence-electron chi connectivity index (χ3n) is 2.94. The summed E-state index contributed by atoms with van der Waals surface area (Å²) in [5, 5.41) is 2.66. The van der Waals surface area contributed by atoms with Crippen LogP contribution in [0.1, 0.15) is 26.0 Å². The topological polar surface area (TPSA) is 93.3 Å². The van der Waals surface area contributed by atoms with Crippen LogP contribution in [0.25, 0.3) is 0 Å². The maximum atomic E-state index is 12.0. The Balaban J connectivity index is 2.65. The molecule has 0 aliphatic carbocycles. The van der Waals surface area contributed by atoms with Crippen LogP contribution < -0.4 is 5.32 Å². The molecule has 0 aliphatic heterocycles. The first-order valence-electron chi connectivity index (χ1n) is 6.27. The normalized spacial score (nSPS) is 12.8. The van der Waals surface area contributed by atoms with Gasteiger partial charge in [-0.15, -0.1) is 0 Å². The summed E-state index contributed by atoms with van der Waals surface area (Å²) in [6.45, 7) is 3.60. The van der Waals surface area contributed by atoms with Crippen molar-refractivity contribution in [3.63, 3.8) is 0 Å².